The Morgan fingerprint density at radius 1 is 0.840 bits per heavy atom. The predicted molar refractivity (Wildman–Crippen MR) is 102 cm³/mol. The van der Waals surface area contributed by atoms with E-state index < -0.39 is 10.0 Å². The van der Waals surface area contributed by atoms with E-state index >= 15 is 0 Å². The maximum absolute atomic E-state index is 12.1. The second-order valence-electron chi connectivity index (χ2n) is 5.59. The highest BCUT2D eigenvalue weighted by Crippen LogP contribution is 2.15. The van der Waals surface area contributed by atoms with Gasteiger partial charge in [0.25, 0.3) is 10.0 Å². The molecule has 25 heavy (non-hydrogen) atoms. The number of anilines is 1. The summed E-state index contributed by atoms with van der Waals surface area (Å²) >= 11 is 0. The van der Waals surface area contributed by atoms with Gasteiger partial charge >= 0.3 is 0 Å². The molecule has 0 saturated heterocycles. The summed E-state index contributed by atoms with van der Waals surface area (Å²) in [5.41, 5.74) is 3.64. The van der Waals surface area contributed by atoms with Crippen molar-refractivity contribution in [3.05, 3.63) is 101 Å². The van der Waals surface area contributed by atoms with Crippen molar-refractivity contribution in [2.75, 3.05) is 4.72 Å². The van der Waals surface area contributed by atoms with Gasteiger partial charge in [0.1, 0.15) is 0 Å². The molecular formula is C20H18N2O2S. The van der Waals surface area contributed by atoms with E-state index in [0.29, 0.717) is 5.69 Å². The van der Waals surface area contributed by atoms with Crippen LogP contribution in [0.2, 0.25) is 0 Å². The molecule has 5 heteroatoms. The molecule has 0 fully saturated rings. The van der Waals surface area contributed by atoms with Gasteiger partial charge in [0, 0.05) is 18.1 Å². The largest absolute Gasteiger partial charge is 0.280 e. The lowest BCUT2D eigenvalue weighted by atomic mass is 10.1. The molecule has 0 atom stereocenters. The zero-order valence-electron chi connectivity index (χ0n) is 13.5. The van der Waals surface area contributed by atoms with Crippen LogP contribution in [0.5, 0.6) is 0 Å². The Morgan fingerprint density at radius 3 is 2.16 bits per heavy atom. The molecule has 3 rings (SSSR count). The summed E-state index contributed by atoms with van der Waals surface area (Å²) in [5.74, 6) is 0. The zero-order chi connectivity index (χ0) is 17.5. The summed E-state index contributed by atoms with van der Waals surface area (Å²) in [4.78, 5) is 4.00. The molecule has 0 radical (unpaired) electrons. The van der Waals surface area contributed by atoms with E-state index in [2.05, 4.69) is 9.71 Å². The molecule has 0 saturated carbocycles. The molecule has 0 aliphatic carbocycles. The molecule has 0 spiro atoms. The summed E-state index contributed by atoms with van der Waals surface area (Å²) in [5, 5.41) is 1.17. The van der Waals surface area contributed by atoms with Crippen LogP contribution in [0.1, 0.15) is 16.7 Å². The lowest BCUT2D eigenvalue weighted by Gasteiger charge is -2.06. The molecule has 0 amide bonds. The van der Waals surface area contributed by atoms with E-state index in [1.165, 1.54) is 5.41 Å². The third-order valence-corrected chi connectivity index (χ3v) is 4.63. The van der Waals surface area contributed by atoms with Crippen molar-refractivity contribution in [2.24, 2.45) is 0 Å². The number of hydrogen-bond donors (Lipinski definition) is 1. The molecule has 2 aromatic carbocycles. The van der Waals surface area contributed by atoms with Gasteiger partial charge < -0.3 is 0 Å². The van der Waals surface area contributed by atoms with Crippen molar-refractivity contribution in [3.8, 4) is 0 Å². The average Bonchev–Trinajstić information content (AvgIpc) is 2.63. The number of benzene rings is 2. The van der Waals surface area contributed by atoms with Crippen LogP contribution in [0.4, 0.5) is 5.69 Å². The van der Waals surface area contributed by atoms with Crippen LogP contribution < -0.4 is 4.72 Å². The summed E-state index contributed by atoms with van der Waals surface area (Å²) in [6.45, 7) is 0. The first-order valence-corrected chi connectivity index (χ1v) is 9.39. The Morgan fingerprint density at radius 2 is 1.48 bits per heavy atom. The standard InChI is InChI=1S/C20H18N2O2S/c23-25(24,15-12-17-4-2-1-3-5-17)22-20-8-6-18(7-9-20)16-19-10-13-21-14-11-19/h1-15,22H,16H2. The minimum atomic E-state index is -3.54. The predicted octanol–water partition coefficient (Wildman–Crippen LogP) is 4.09. The van der Waals surface area contributed by atoms with Crippen molar-refractivity contribution in [1.29, 1.82) is 0 Å². The van der Waals surface area contributed by atoms with Crippen LogP contribution in [-0.2, 0) is 16.4 Å². The number of nitrogens with zero attached hydrogens (tertiary/aromatic N) is 1. The second kappa shape index (κ2) is 7.77. The van der Waals surface area contributed by atoms with Gasteiger partial charge in [-0.2, -0.15) is 0 Å². The molecule has 4 nitrogen and oxygen atoms in total. The van der Waals surface area contributed by atoms with E-state index in [-0.39, 0.29) is 0 Å². The summed E-state index contributed by atoms with van der Waals surface area (Å²) in [7, 11) is -3.54. The van der Waals surface area contributed by atoms with Crippen LogP contribution >= 0.6 is 0 Å². The fourth-order valence-electron chi connectivity index (χ4n) is 2.36. The van der Waals surface area contributed by atoms with E-state index in [0.717, 1.165) is 23.1 Å². The fourth-order valence-corrected chi connectivity index (χ4v) is 3.23. The summed E-state index contributed by atoms with van der Waals surface area (Å²) in [6.07, 6.45) is 5.87. The SMILES string of the molecule is O=S(=O)(C=Cc1ccccc1)Nc1ccc(Cc2ccncc2)cc1. The third-order valence-electron chi connectivity index (χ3n) is 3.61. The molecular weight excluding hydrogens is 332 g/mol. The number of nitrogens with one attached hydrogen (secondary N) is 1. The molecule has 3 aromatic rings. The first kappa shape index (κ1) is 16.9. The molecule has 0 unspecified atom stereocenters. The zero-order valence-corrected chi connectivity index (χ0v) is 14.4. The molecule has 1 N–H and O–H groups in total. The number of hydrogen-bond acceptors (Lipinski definition) is 3. The number of sulfonamides is 1. The van der Waals surface area contributed by atoms with Crippen LogP contribution in [-0.4, -0.2) is 13.4 Å². The highest BCUT2D eigenvalue weighted by atomic mass is 32.2. The van der Waals surface area contributed by atoms with Gasteiger partial charge in [-0.25, -0.2) is 8.42 Å². The minimum absolute atomic E-state index is 0.538. The lowest BCUT2D eigenvalue weighted by Crippen LogP contribution is -2.08. The minimum Gasteiger partial charge on any atom is -0.280 e. The van der Waals surface area contributed by atoms with Gasteiger partial charge in [-0.15, -0.1) is 0 Å². The Bertz CT molecular complexity index is 936. The van der Waals surface area contributed by atoms with Gasteiger partial charge in [-0.05, 0) is 53.5 Å². The quantitative estimate of drug-likeness (QED) is 0.728. The van der Waals surface area contributed by atoms with Gasteiger partial charge in [0.05, 0.1) is 5.41 Å². The lowest BCUT2D eigenvalue weighted by molar-refractivity contribution is 0.609. The van der Waals surface area contributed by atoms with Gasteiger partial charge in [-0.3, -0.25) is 9.71 Å². The van der Waals surface area contributed by atoms with E-state index in [1.807, 2.05) is 54.6 Å². The molecule has 126 valence electrons. The van der Waals surface area contributed by atoms with Gasteiger partial charge in [0.2, 0.25) is 0 Å². The molecule has 1 heterocycles. The molecule has 1 aromatic heterocycles. The van der Waals surface area contributed by atoms with Crippen molar-refractivity contribution < 1.29 is 8.42 Å². The second-order valence-corrected chi connectivity index (χ2v) is 7.16. The van der Waals surface area contributed by atoms with Gasteiger partial charge in [-0.1, -0.05) is 42.5 Å². The first-order valence-electron chi connectivity index (χ1n) is 7.84. The summed E-state index contributed by atoms with van der Waals surface area (Å²) < 4.78 is 26.8. The van der Waals surface area contributed by atoms with Gasteiger partial charge in [0.15, 0.2) is 0 Å². The van der Waals surface area contributed by atoms with E-state index in [4.69, 9.17) is 0 Å². The highest BCUT2D eigenvalue weighted by molar-refractivity contribution is 7.95. The Balaban J connectivity index is 1.65. The van der Waals surface area contributed by atoms with Crippen LogP contribution in [0.15, 0.2) is 84.5 Å². The van der Waals surface area contributed by atoms with Crippen LogP contribution in [0.25, 0.3) is 6.08 Å². The van der Waals surface area contributed by atoms with Crippen molar-refractivity contribution in [3.63, 3.8) is 0 Å². The van der Waals surface area contributed by atoms with E-state index in [1.54, 1.807) is 30.6 Å². The third kappa shape index (κ3) is 5.29. The van der Waals surface area contributed by atoms with Crippen molar-refractivity contribution in [1.82, 2.24) is 4.98 Å². The number of pyridine rings is 1. The number of aromatic nitrogens is 1. The monoisotopic (exact) mass is 350 g/mol. The smallest absolute Gasteiger partial charge is 0.255 e. The van der Waals surface area contributed by atoms with Crippen LogP contribution in [0.3, 0.4) is 0 Å². The maximum Gasteiger partial charge on any atom is 0.255 e. The Kier molecular flexibility index (Phi) is 5.26. The van der Waals surface area contributed by atoms with Crippen molar-refractivity contribution in [2.45, 2.75) is 6.42 Å². The number of rotatable bonds is 6. The van der Waals surface area contributed by atoms with E-state index in [9.17, 15) is 8.42 Å². The summed E-state index contributed by atoms with van der Waals surface area (Å²) in [6, 6.07) is 20.6. The average molecular weight is 350 g/mol. The Hall–Kier alpha value is -2.92. The van der Waals surface area contributed by atoms with Crippen molar-refractivity contribution >= 4 is 21.8 Å². The maximum atomic E-state index is 12.1. The molecule has 0 aliphatic rings. The molecule has 0 aliphatic heterocycles. The highest BCUT2D eigenvalue weighted by Gasteiger charge is 2.05. The first-order chi connectivity index (χ1) is 12.1. The normalized spacial score (nSPS) is 11.5. The van der Waals surface area contributed by atoms with Crippen LogP contribution in [0, 0.1) is 0 Å². The molecule has 0 bridgehead atoms. The Labute approximate surface area is 147 Å². The fraction of sp³-hybridized carbons (Fsp3) is 0.0500. The topological polar surface area (TPSA) is 59.1 Å².